The molecule has 2 aromatic rings. The summed E-state index contributed by atoms with van der Waals surface area (Å²) in [4.78, 5) is 16.2. The fraction of sp³-hybridized carbons (Fsp3) is 0.333. The molecule has 146 valence electrons. The van der Waals surface area contributed by atoms with E-state index < -0.39 is 0 Å². The predicted octanol–water partition coefficient (Wildman–Crippen LogP) is 4.30. The highest BCUT2D eigenvalue weighted by atomic mass is 16.5. The lowest BCUT2D eigenvalue weighted by molar-refractivity contribution is 0.204. The van der Waals surface area contributed by atoms with Crippen molar-refractivity contribution in [3.63, 3.8) is 0 Å². The summed E-state index contributed by atoms with van der Waals surface area (Å²) in [6.07, 6.45) is 1.68. The highest BCUT2D eigenvalue weighted by Gasteiger charge is 2.18. The largest absolute Gasteiger partial charge is 0.439 e. The van der Waals surface area contributed by atoms with Crippen LogP contribution >= 0.6 is 0 Å². The van der Waals surface area contributed by atoms with Gasteiger partial charge in [0.1, 0.15) is 5.75 Å². The van der Waals surface area contributed by atoms with E-state index in [1.54, 1.807) is 12.3 Å². The first-order valence-electron chi connectivity index (χ1n) is 9.13. The number of aromatic nitrogens is 1. The normalized spacial score (nSPS) is 15.2. The Balaban J connectivity index is 1.68. The second-order valence-electron chi connectivity index (χ2n) is 7.77. The van der Waals surface area contributed by atoms with Crippen molar-refractivity contribution < 1.29 is 9.53 Å². The molecule has 1 N–H and O–H groups in total. The molecular formula is C21H25N5O2. The fourth-order valence-corrected chi connectivity index (χ4v) is 2.64. The molecule has 2 amide bonds. The van der Waals surface area contributed by atoms with E-state index in [1.165, 1.54) is 10.6 Å². The molecule has 0 saturated heterocycles. The van der Waals surface area contributed by atoms with E-state index in [4.69, 9.17) is 4.74 Å². The molecule has 7 nitrogen and oxygen atoms in total. The number of carbonyl (C=O) groups excluding carboxylic acids is 1. The van der Waals surface area contributed by atoms with Crippen molar-refractivity contribution >= 4 is 17.5 Å². The van der Waals surface area contributed by atoms with Crippen LogP contribution in [-0.2, 0) is 5.41 Å². The Kier molecular flexibility index (Phi) is 5.44. The van der Waals surface area contributed by atoms with Crippen LogP contribution in [0, 0.1) is 0 Å². The maximum absolute atomic E-state index is 11.8. The highest BCUT2D eigenvalue weighted by Crippen LogP contribution is 2.26. The summed E-state index contributed by atoms with van der Waals surface area (Å²) >= 11 is 0. The third kappa shape index (κ3) is 4.73. The van der Waals surface area contributed by atoms with Crippen LogP contribution in [0.15, 0.2) is 52.8 Å². The lowest BCUT2D eigenvalue weighted by atomic mass is 9.87. The number of hydrogen-bond acceptors (Lipinski definition) is 5. The molecule has 0 atom stereocenters. The molecule has 7 heteroatoms. The molecule has 0 fully saturated rings. The van der Waals surface area contributed by atoms with Gasteiger partial charge in [0.2, 0.25) is 5.88 Å². The van der Waals surface area contributed by atoms with E-state index in [1.807, 2.05) is 32.0 Å². The summed E-state index contributed by atoms with van der Waals surface area (Å²) in [6, 6.07) is 11.3. The summed E-state index contributed by atoms with van der Waals surface area (Å²) in [7, 11) is 0. The number of pyridine rings is 1. The minimum atomic E-state index is -0.350. The monoisotopic (exact) mass is 379 g/mol. The van der Waals surface area contributed by atoms with E-state index in [-0.39, 0.29) is 11.4 Å². The highest BCUT2D eigenvalue weighted by molar-refractivity contribution is 5.99. The minimum Gasteiger partial charge on any atom is -0.439 e. The number of nitrogens with one attached hydrogen (secondary N) is 1. The number of urea groups is 1. The molecule has 1 aliphatic heterocycles. The van der Waals surface area contributed by atoms with Crippen molar-refractivity contribution in [1.29, 1.82) is 0 Å². The zero-order chi connectivity index (χ0) is 20.3. The SMILES string of the molecule is CC1=NNC(=O)N(/N=C(\C)c2ccc(Oc3ccc(C(C)(C)C)cc3)nc2)C1. The lowest BCUT2D eigenvalue weighted by Crippen LogP contribution is -2.42. The first-order chi connectivity index (χ1) is 13.2. The Labute approximate surface area is 165 Å². The number of nitrogens with zero attached hydrogens (tertiary/aromatic N) is 4. The van der Waals surface area contributed by atoms with Crippen molar-refractivity contribution in [2.45, 2.75) is 40.0 Å². The van der Waals surface area contributed by atoms with Crippen LogP contribution in [-0.4, -0.2) is 34.0 Å². The van der Waals surface area contributed by atoms with Gasteiger partial charge < -0.3 is 4.74 Å². The molecule has 0 bridgehead atoms. The predicted molar refractivity (Wildman–Crippen MR) is 110 cm³/mol. The fourth-order valence-electron chi connectivity index (χ4n) is 2.64. The molecule has 28 heavy (non-hydrogen) atoms. The van der Waals surface area contributed by atoms with E-state index in [2.05, 4.69) is 53.5 Å². The average Bonchev–Trinajstić information content (AvgIpc) is 2.65. The van der Waals surface area contributed by atoms with Crippen LogP contribution in [0.2, 0.25) is 0 Å². The van der Waals surface area contributed by atoms with Crippen LogP contribution in [0.5, 0.6) is 11.6 Å². The van der Waals surface area contributed by atoms with Crippen molar-refractivity contribution in [2.75, 3.05) is 6.54 Å². The number of hydrazone groups is 2. The third-order valence-electron chi connectivity index (χ3n) is 4.32. The maximum atomic E-state index is 11.8. The average molecular weight is 379 g/mol. The molecule has 0 unspecified atom stereocenters. The van der Waals surface area contributed by atoms with E-state index in [0.29, 0.717) is 18.1 Å². The second kappa shape index (κ2) is 7.80. The first-order valence-corrected chi connectivity index (χ1v) is 9.13. The number of benzene rings is 1. The first kappa shape index (κ1) is 19.5. The topological polar surface area (TPSA) is 79.2 Å². The van der Waals surface area contributed by atoms with Crippen molar-refractivity contribution in [1.82, 2.24) is 15.4 Å². The van der Waals surface area contributed by atoms with Gasteiger partial charge >= 0.3 is 6.03 Å². The quantitative estimate of drug-likeness (QED) is 0.805. The van der Waals surface area contributed by atoms with Gasteiger partial charge in [-0.05, 0) is 43.0 Å². The minimum absolute atomic E-state index is 0.102. The number of carbonyl (C=O) groups is 1. The van der Waals surface area contributed by atoms with Gasteiger partial charge in [-0.1, -0.05) is 32.9 Å². The van der Waals surface area contributed by atoms with Gasteiger partial charge in [0.15, 0.2) is 0 Å². The van der Waals surface area contributed by atoms with Gasteiger partial charge in [0, 0.05) is 17.8 Å². The summed E-state index contributed by atoms with van der Waals surface area (Å²) < 4.78 is 5.82. The Morgan fingerprint density at radius 1 is 1.18 bits per heavy atom. The van der Waals surface area contributed by atoms with Gasteiger partial charge in [0.25, 0.3) is 0 Å². The van der Waals surface area contributed by atoms with Crippen molar-refractivity contribution in [3.8, 4) is 11.6 Å². The van der Waals surface area contributed by atoms with Crippen LogP contribution in [0.25, 0.3) is 0 Å². The van der Waals surface area contributed by atoms with Gasteiger partial charge in [-0.25, -0.2) is 20.2 Å². The summed E-state index contributed by atoms with van der Waals surface area (Å²) in [5.74, 6) is 1.23. The van der Waals surface area contributed by atoms with Crippen LogP contribution in [0.1, 0.15) is 45.7 Å². The number of amides is 2. The molecule has 2 heterocycles. The zero-order valence-electron chi connectivity index (χ0n) is 16.9. The molecule has 0 radical (unpaired) electrons. The van der Waals surface area contributed by atoms with Crippen LogP contribution < -0.4 is 10.2 Å². The number of rotatable bonds is 4. The van der Waals surface area contributed by atoms with Crippen molar-refractivity contribution in [2.24, 2.45) is 10.2 Å². The Morgan fingerprint density at radius 2 is 1.89 bits per heavy atom. The van der Waals surface area contributed by atoms with Crippen LogP contribution in [0.3, 0.4) is 0 Å². The maximum Gasteiger partial charge on any atom is 0.358 e. The zero-order valence-corrected chi connectivity index (χ0v) is 16.9. The standard InChI is InChI=1S/C21H25N5O2/c1-14-13-26(20(27)24-23-14)25-15(2)16-6-11-19(22-12-16)28-18-9-7-17(8-10-18)21(3,4)5/h6-12H,13H2,1-5H3,(H,24,27)/b25-15+. The van der Waals surface area contributed by atoms with Crippen molar-refractivity contribution in [3.05, 3.63) is 53.7 Å². The van der Waals surface area contributed by atoms with Gasteiger partial charge in [-0.3, -0.25) is 0 Å². The smallest absolute Gasteiger partial charge is 0.358 e. The summed E-state index contributed by atoms with van der Waals surface area (Å²) in [5.41, 5.74) is 6.05. The second-order valence-corrected chi connectivity index (χ2v) is 7.77. The summed E-state index contributed by atoms with van der Waals surface area (Å²) in [5, 5.41) is 9.60. The molecule has 1 aromatic carbocycles. The molecule has 1 aliphatic rings. The summed E-state index contributed by atoms with van der Waals surface area (Å²) in [6.45, 7) is 10.6. The van der Waals surface area contributed by atoms with Gasteiger partial charge in [0.05, 0.1) is 18.0 Å². The van der Waals surface area contributed by atoms with Crippen LogP contribution in [0.4, 0.5) is 4.79 Å². The number of ether oxygens (including phenoxy) is 1. The van der Waals surface area contributed by atoms with E-state index in [9.17, 15) is 4.79 Å². The molecule has 0 spiro atoms. The molecule has 0 saturated carbocycles. The Morgan fingerprint density at radius 3 is 2.50 bits per heavy atom. The lowest BCUT2D eigenvalue weighted by Gasteiger charge is -2.21. The molecule has 1 aromatic heterocycles. The molecule has 0 aliphatic carbocycles. The van der Waals surface area contributed by atoms with Gasteiger partial charge in [-0.15, -0.1) is 0 Å². The molecular weight excluding hydrogens is 354 g/mol. The molecule has 3 rings (SSSR count). The number of hydrogen-bond donors (Lipinski definition) is 1. The Hall–Kier alpha value is -3.22. The van der Waals surface area contributed by atoms with Gasteiger partial charge in [-0.2, -0.15) is 10.2 Å². The van der Waals surface area contributed by atoms with E-state index >= 15 is 0 Å². The Bertz CT molecular complexity index is 909. The van der Waals surface area contributed by atoms with E-state index in [0.717, 1.165) is 17.0 Å². The third-order valence-corrected chi connectivity index (χ3v) is 4.32.